The third kappa shape index (κ3) is 4.50. The van der Waals surface area contributed by atoms with E-state index >= 15 is 0 Å². The molecule has 0 radical (unpaired) electrons. The molecule has 0 aliphatic heterocycles. The molecule has 1 N–H and O–H groups in total. The van der Waals surface area contributed by atoms with E-state index in [1.54, 1.807) is 5.54 Å². The van der Waals surface area contributed by atoms with Crippen molar-refractivity contribution >= 4 is 11.6 Å². The number of hydrogen-bond acceptors (Lipinski definition) is 1. The van der Waals surface area contributed by atoms with Gasteiger partial charge in [-0.2, -0.15) is 0 Å². The summed E-state index contributed by atoms with van der Waals surface area (Å²) in [6.45, 7) is 5.92. The van der Waals surface area contributed by atoms with Crippen LogP contribution in [0, 0.1) is 0 Å². The van der Waals surface area contributed by atoms with Gasteiger partial charge in [0.2, 0.25) is 0 Å². The zero-order valence-corrected chi connectivity index (χ0v) is 10.1. The van der Waals surface area contributed by atoms with Gasteiger partial charge in [-0.25, -0.2) is 0 Å². The predicted molar refractivity (Wildman–Crippen MR) is 67.1 cm³/mol. The number of hydrogen-bond donors (Lipinski definition) is 1. The van der Waals surface area contributed by atoms with E-state index in [-0.39, 0.29) is 0 Å². The zero-order valence-electron chi connectivity index (χ0n) is 9.39. The van der Waals surface area contributed by atoms with Crippen molar-refractivity contribution in [2.45, 2.75) is 26.8 Å². The van der Waals surface area contributed by atoms with E-state index in [4.69, 9.17) is 11.6 Å². The SMILES string of the molecule is CCc1ccc(CNC/C(C)=C/Cl)cc1. The van der Waals surface area contributed by atoms with Crippen molar-refractivity contribution in [2.75, 3.05) is 6.54 Å². The Morgan fingerprint density at radius 2 is 1.87 bits per heavy atom. The van der Waals surface area contributed by atoms with Crippen LogP contribution in [0.25, 0.3) is 0 Å². The molecule has 0 bridgehead atoms. The molecule has 0 fully saturated rings. The average molecular weight is 224 g/mol. The van der Waals surface area contributed by atoms with Crippen LogP contribution >= 0.6 is 11.6 Å². The summed E-state index contributed by atoms with van der Waals surface area (Å²) in [6, 6.07) is 8.71. The van der Waals surface area contributed by atoms with Crippen LogP contribution in [0.3, 0.4) is 0 Å². The Bertz CT molecular complexity index is 314. The molecule has 0 aromatic heterocycles. The van der Waals surface area contributed by atoms with E-state index in [0.717, 1.165) is 25.1 Å². The summed E-state index contributed by atoms with van der Waals surface area (Å²) in [5.41, 5.74) is 5.47. The molecular weight excluding hydrogens is 206 g/mol. The van der Waals surface area contributed by atoms with Crippen molar-refractivity contribution in [1.29, 1.82) is 0 Å². The Labute approximate surface area is 97.1 Å². The molecule has 0 amide bonds. The van der Waals surface area contributed by atoms with Gasteiger partial charge in [-0.05, 0) is 30.0 Å². The molecule has 0 saturated carbocycles. The quantitative estimate of drug-likeness (QED) is 0.806. The molecule has 0 unspecified atom stereocenters. The fourth-order valence-corrected chi connectivity index (χ4v) is 1.41. The Kier molecular flexibility index (Phi) is 5.44. The Morgan fingerprint density at radius 1 is 1.27 bits per heavy atom. The summed E-state index contributed by atoms with van der Waals surface area (Å²) in [4.78, 5) is 0. The van der Waals surface area contributed by atoms with E-state index < -0.39 is 0 Å². The molecule has 15 heavy (non-hydrogen) atoms. The first kappa shape index (κ1) is 12.3. The summed E-state index contributed by atoms with van der Waals surface area (Å²) in [5, 5.41) is 3.34. The molecule has 0 aliphatic carbocycles. The van der Waals surface area contributed by atoms with Gasteiger partial charge >= 0.3 is 0 Å². The van der Waals surface area contributed by atoms with Crippen molar-refractivity contribution in [2.24, 2.45) is 0 Å². The number of rotatable bonds is 5. The Hall–Kier alpha value is -0.790. The molecule has 0 heterocycles. The molecular formula is C13H18ClN. The normalized spacial score (nSPS) is 11.8. The van der Waals surface area contributed by atoms with Gasteiger partial charge in [-0.3, -0.25) is 0 Å². The van der Waals surface area contributed by atoms with Gasteiger partial charge in [-0.15, -0.1) is 0 Å². The third-order valence-electron chi connectivity index (χ3n) is 2.35. The van der Waals surface area contributed by atoms with Crippen LogP contribution in [0.15, 0.2) is 35.4 Å². The van der Waals surface area contributed by atoms with Crippen LogP contribution in [0.5, 0.6) is 0 Å². The lowest BCUT2D eigenvalue weighted by molar-refractivity contribution is 0.740. The van der Waals surface area contributed by atoms with E-state index in [9.17, 15) is 0 Å². The van der Waals surface area contributed by atoms with Gasteiger partial charge in [-0.1, -0.05) is 42.8 Å². The van der Waals surface area contributed by atoms with Crippen molar-refractivity contribution in [1.82, 2.24) is 5.32 Å². The predicted octanol–water partition coefficient (Wildman–Crippen LogP) is 3.48. The fraction of sp³-hybridized carbons (Fsp3) is 0.385. The highest BCUT2D eigenvalue weighted by Crippen LogP contribution is 2.04. The minimum atomic E-state index is 0.846. The summed E-state index contributed by atoms with van der Waals surface area (Å²) in [6.07, 6.45) is 1.10. The molecule has 1 rings (SSSR count). The average Bonchev–Trinajstić information content (AvgIpc) is 2.29. The lowest BCUT2D eigenvalue weighted by atomic mass is 10.1. The van der Waals surface area contributed by atoms with Crippen LogP contribution in [-0.4, -0.2) is 6.54 Å². The standard InChI is InChI=1S/C13H18ClN/c1-3-12-4-6-13(7-5-12)10-15-9-11(2)8-14/h4-8,15H,3,9-10H2,1-2H3/b11-8+. The van der Waals surface area contributed by atoms with Crippen LogP contribution in [0.2, 0.25) is 0 Å². The maximum Gasteiger partial charge on any atom is 0.0208 e. The van der Waals surface area contributed by atoms with Crippen molar-refractivity contribution in [3.63, 3.8) is 0 Å². The molecule has 0 atom stereocenters. The van der Waals surface area contributed by atoms with Gasteiger partial charge < -0.3 is 5.32 Å². The minimum absolute atomic E-state index is 0.846. The molecule has 0 spiro atoms. The van der Waals surface area contributed by atoms with Gasteiger partial charge in [0.1, 0.15) is 0 Å². The largest absolute Gasteiger partial charge is 0.309 e. The second kappa shape index (κ2) is 6.65. The first-order chi connectivity index (χ1) is 7.26. The van der Waals surface area contributed by atoms with Crippen LogP contribution in [-0.2, 0) is 13.0 Å². The van der Waals surface area contributed by atoms with Gasteiger partial charge in [0.05, 0.1) is 0 Å². The molecule has 1 nitrogen and oxygen atoms in total. The highest BCUT2D eigenvalue weighted by atomic mass is 35.5. The molecule has 1 aromatic carbocycles. The number of nitrogens with one attached hydrogen (secondary N) is 1. The maximum atomic E-state index is 5.57. The first-order valence-electron chi connectivity index (χ1n) is 5.30. The van der Waals surface area contributed by atoms with E-state index in [0.29, 0.717) is 0 Å². The molecule has 0 aliphatic rings. The van der Waals surface area contributed by atoms with Gasteiger partial charge in [0.25, 0.3) is 0 Å². The maximum absolute atomic E-state index is 5.57. The minimum Gasteiger partial charge on any atom is -0.309 e. The second-order valence-corrected chi connectivity index (χ2v) is 3.95. The lowest BCUT2D eigenvalue weighted by Crippen LogP contribution is -2.15. The summed E-state index contributed by atoms with van der Waals surface area (Å²) >= 11 is 5.57. The first-order valence-corrected chi connectivity index (χ1v) is 5.74. The molecule has 82 valence electrons. The van der Waals surface area contributed by atoms with Gasteiger partial charge in [0, 0.05) is 18.6 Å². The van der Waals surface area contributed by atoms with E-state index in [2.05, 4.69) is 36.5 Å². The summed E-state index contributed by atoms with van der Waals surface area (Å²) < 4.78 is 0. The Morgan fingerprint density at radius 3 is 2.40 bits per heavy atom. The van der Waals surface area contributed by atoms with Crippen LogP contribution < -0.4 is 5.32 Å². The third-order valence-corrected chi connectivity index (χ3v) is 2.72. The smallest absolute Gasteiger partial charge is 0.0208 e. The fourth-order valence-electron chi connectivity index (χ4n) is 1.34. The number of benzene rings is 1. The van der Waals surface area contributed by atoms with E-state index in [1.165, 1.54) is 11.1 Å². The monoisotopic (exact) mass is 223 g/mol. The van der Waals surface area contributed by atoms with Crippen molar-refractivity contribution < 1.29 is 0 Å². The van der Waals surface area contributed by atoms with Crippen LogP contribution in [0.1, 0.15) is 25.0 Å². The van der Waals surface area contributed by atoms with Crippen molar-refractivity contribution in [3.8, 4) is 0 Å². The van der Waals surface area contributed by atoms with Crippen LogP contribution in [0.4, 0.5) is 0 Å². The molecule has 0 saturated heterocycles. The number of halogens is 1. The number of aryl methyl sites for hydroxylation is 1. The summed E-state index contributed by atoms with van der Waals surface area (Å²) in [7, 11) is 0. The highest BCUT2D eigenvalue weighted by molar-refractivity contribution is 6.25. The Balaban J connectivity index is 2.38. The molecule has 1 aromatic rings. The van der Waals surface area contributed by atoms with Crippen molar-refractivity contribution in [3.05, 3.63) is 46.5 Å². The van der Waals surface area contributed by atoms with Gasteiger partial charge in [0.15, 0.2) is 0 Å². The molecule has 2 heteroatoms. The zero-order chi connectivity index (χ0) is 11.1. The topological polar surface area (TPSA) is 12.0 Å². The lowest BCUT2D eigenvalue weighted by Gasteiger charge is -2.05. The summed E-state index contributed by atoms with van der Waals surface area (Å²) in [5.74, 6) is 0. The van der Waals surface area contributed by atoms with E-state index in [1.807, 2.05) is 6.92 Å². The second-order valence-electron chi connectivity index (χ2n) is 3.73. The highest BCUT2D eigenvalue weighted by Gasteiger charge is 1.93.